The first-order valence-corrected chi connectivity index (χ1v) is 6.35. The van der Waals surface area contributed by atoms with Gasteiger partial charge in [-0.2, -0.15) is 0 Å². The van der Waals surface area contributed by atoms with Crippen molar-refractivity contribution < 1.29 is 14.3 Å². The van der Waals surface area contributed by atoms with E-state index in [4.69, 9.17) is 9.47 Å². The van der Waals surface area contributed by atoms with E-state index in [1.165, 1.54) is 0 Å². The molecule has 0 bridgehead atoms. The van der Waals surface area contributed by atoms with Crippen LogP contribution in [0.5, 0.6) is 5.88 Å². The molecule has 5 heteroatoms. The van der Waals surface area contributed by atoms with Crippen molar-refractivity contribution >= 4 is 11.7 Å². The van der Waals surface area contributed by atoms with E-state index in [9.17, 15) is 4.79 Å². The normalized spacial score (nSPS) is 11.3. The largest absolute Gasteiger partial charge is 0.473 e. The Bertz CT molecular complexity index is 425. The van der Waals surface area contributed by atoms with Crippen LogP contribution in [-0.2, 0) is 9.53 Å². The van der Waals surface area contributed by atoms with E-state index in [0.717, 1.165) is 0 Å². The zero-order valence-electron chi connectivity index (χ0n) is 12.2. The lowest BCUT2D eigenvalue weighted by molar-refractivity contribution is -0.152. The Labute approximate surface area is 114 Å². The number of hydrogen-bond acceptors (Lipinski definition) is 5. The average molecular weight is 266 g/mol. The molecular formula is C14H22N2O3. The van der Waals surface area contributed by atoms with Gasteiger partial charge >= 0.3 is 5.97 Å². The molecular weight excluding hydrogens is 244 g/mol. The highest BCUT2D eigenvalue weighted by atomic mass is 16.6. The first-order valence-electron chi connectivity index (χ1n) is 6.35. The number of hydrogen-bond donors (Lipinski definition) is 1. The molecule has 19 heavy (non-hydrogen) atoms. The molecule has 0 saturated heterocycles. The van der Waals surface area contributed by atoms with Crippen LogP contribution in [0.1, 0.15) is 34.6 Å². The molecule has 0 unspecified atom stereocenters. The maximum Gasteiger partial charge on any atom is 0.325 e. The smallest absolute Gasteiger partial charge is 0.325 e. The third-order valence-electron chi connectivity index (χ3n) is 1.96. The number of nitrogens with one attached hydrogen (secondary N) is 1. The molecule has 0 aliphatic carbocycles. The molecule has 1 heterocycles. The first kappa shape index (κ1) is 15.3. The minimum absolute atomic E-state index is 0.0250. The number of carbonyl (C=O) groups is 1. The van der Waals surface area contributed by atoms with Crippen LogP contribution in [0, 0.1) is 0 Å². The molecule has 106 valence electrons. The van der Waals surface area contributed by atoms with Crippen molar-refractivity contribution in [1.82, 2.24) is 4.98 Å². The fourth-order valence-corrected chi connectivity index (χ4v) is 1.39. The van der Waals surface area contributed by atoms with Crippen LogP contribution >= 0.6 is 0 Å². The third kappa shape index (κ3) is 6.08. The van der Waals surface area contributed by atoms with Gasteiger partial charge in [0.2, 0.25) is 5.88 Å². The van der Waals surface area contributed by atoms with Gasteiger partial charge in [0.1, 0.15) is 12.1 Å². The second-order valence-electron chi connectivity index (χ2n) is 5.46. The summed E-state index contributed by atoms with van der Waals surface area (Å²) in [5, 5.41) is 2.98. The Morgan fingerprint density at radius 2 is 2.11 bits per heavy atom. The zero-order chi connectivity index (χ0) is 14.5. The Kier molecular flexibility index (Phi) is 5.15. The number of nitrogens with zero attached hydrogens (tertiary/aromatic N) is 1. The molecule has 0 radical (unpaired) electrons. The second kappa shape index (κ2) is 6.41. The predicted molar refractivity (Wildman–Crippen MR) is 74.3 cm³/mol. The summed E-state index contributed by atoms with van der Waals surface area (Å²) in [5.41, 5.74) is 0.201. The summed E-state index contributed by atoms with van der Waals surface area (Å²) in [7, 11) is 0. The van der Waals surface area contributed by atoms with Crippen molar-refractivity contribution in [1.29, 1.82) is 0 Å². The Balaban J connectivity index is 2.60. The molecule has 0 saturated carbocycles. The monoisotopic (exact) mass is 266 g/mol. The van der Waals surface area contributed by atoms with Gasteiger partial charge in [0, 0.05) is 6.20 Å². The van der Waals surface area contributed by atoms with E-state index >= 15 is 0 Å². The van der Waals surface area contributed by atoms with Gasteiger partial charge in [-0.05, 0) is 46.8 Å². The van der Waals surface area contributed by atoms with Crippen LogP contribution in [0.25, 0.3) is 0 Å². The highest BCUT2D eigenvalue weighted by Gasteiger charge is 2.16. The molecule has 0 aromatic carbocycles. The van der Waals surface area contributed by atoms with Gasteiger partial charge in [0.15, 0.2) is 0 Å². The lowest BCUT2D eigenvalue weighted by Gasteiger charge is -2.20. The molecule has 0 fully saturated rings. The van der Waals surface area contributed by atoms with Crippen molar-refractivity contribution in [2.45, 2.75) is 46.3 Å². The Morgan fingerprint density at radius 1 is 1.42 bits per heavy atom. The van der Waals surface area contributed by atoms with Gasteiger partial charge < -0.3 is 14.8 Å². The Hall–Kier alpha value is -1.78. The van der Waals surface area contributed by atoms with Crippen LogP contribution < -0.4 is 10.1 Å². The van der Waals surface area contributed by atoms with Crippen LogP contribution in [0.4, 0.5) is 5.69 Å². The zero-order valence-corrected chi connectivity index (χ0v) is 12.2. The van der Waals surface area contributed by atoms with Crippen LogP contribution in [0.2, 0.25) is 0 Å². The lowest BCUT2D eigenvalue weighted by atomic mass is 10.2. The van der Waals surface area contributed by atoms with E-state index < -0.39 is 5.60 Å². The molecule has 1 aromatic heterocycles. The van der Waals surface area contributed by atoms with Crippen LogP contribution in [0.15, 0.2) is 18.3 Å². The van der Waals surface area contributed by atoms with Gasteiger partial charge in [-0.25, -0.2) is 4.98 Å². The number of anilines is 1. The van der Waals surface area contributed by atoms with Crippen molar-refractivity contribution in [3.8, 4) is 5.88 Å². The summed E-state index contributed by atoms with van der Waals surface area (Å²) < 4.78 is 10.8. The minimum atomic E-state index is -0.481. The van der Waals surface area contributed by atoms with Gasteiger partial charge in [0.05, 0.1) is 11.8 Å². The van der Waals surface area contributed by atoms with E-state index in [-0.39, 0.29) is 18.6 Å². The predicted octanol–water partition coefficient (Wildman–Crippen LogP) is 2.62. The van der Waals surface area contributed by atoms with E-state index in [1.54, 1.807) is 12.3 Å². The average Bonchev–Trinajstić information content (AvgIpc) is 2.24. The van der Waals surface area contributed by atoms with E-state index in [0.29, 0.717) is 11.6 Å². The topological polar surface area (TPSA) is 60.5 Å². The number of esters is 1. The van der Waals surface area contributed by atoms with Crippen molar-refractivity contribution in [3.05, 3.63) is 18.3 Å². The number of ether oxygens (including phenoxy) is 2. The van der Waals surface area contributed by atoms with Crippen molar-refractivity contribution in [3.63, 3.8) is 0 Å². The maximum absolute atomic E-state index is 11.6. The number of aromatic nitrogens is 1. The fourth-order valence-electron chi connectivity index (χ4n) is 1.39. The van der Waals surface area contributed by atoms with Gasteiger partial charge in [-0.1, -0.05) is 0 Å². The SMILES string of the molecule is CC(C)Oc1ncccc1NCC(=O)OC(C)(C)C. The summed E-state index contributed by atoms with van der Waals surface area (Å²) >= 11 is 0. The molecule has 0 spiro atoms. The number of rotatable bonds is 5. The van der Waals surface area contributed by atoms with Gasteiger partial charge in [-0.15, -0.1) is 0 Å². The van der Waals surface area contributed by atoms with Crippen molar-refractivity contribution in [2.24, 2.45) is 0 Å². The highest BCUT2D eigenvalue weighted by Crippen LogP contribution is 2.21. The van der Waals surface area contributed by atoms with Crippen molar-refractivity contribution in [2.75, 3.05) is 11.9 Å². The molecule has 0 amide bonds. The Morgan fingerprint density at radius 3 is 2.68 bits per heavy atom. The van der Waals surface area contributed by atoms with Gasteiger partial charge in [0.25, 0.3) is 0 Å². The summed E-state index contributed by atoms with van der Waals surface area (Å²) in [6.07, 6.45) is 1.67. The molecule has 1 N–H and O–H groups in total. The van der Waals surface area contributed by atoms with Gasteiger partial charge in [-0.3, -0.25) is 4.79 Å². The minimum Gasteiger partial charge on any atom is -0.473 e. The first-order chi connectivity index (χ1) is 8.78. The second-order valence-corrected chi connectivity index (χ2v) is 5.46. The number of carbonyl (C=O) groups excluding carboxylic acids is 1. The van der Waals surface area contributed by atoms with E-state index in [1.807, 2.05) is 40.7 Å². The highest BCUT2D eigenvalue weighted by molar-refractivity contribution is 5.76. The summed E-state index contributed by atoms with van der Waals surface area (Å²) in [6.45, 7) is 9.43. The lowest BCUT2D eigenvalue weighted by Crippen LogP contribution is -2.28. The molecule has 0 aliphatic rings. The molecule has 0 atom stereocenters. The summed E-state index contributed by atoms with van der Waals surface area (Å²) in [5.74, 6) is 0.174. The number of pyridine rings is 1. The van der Waals surface area contributed by atoms with Crippen LogP contribution in [0.3, 0.4) is 0 Å². The van der Waals surface area contributed by atoms with E-state index in [2.05, 4.69) is 10.3 Å². The standard InChI is InChI=1S/C14H22N2O3/c1-10(2)18-13-11(7-6-8-15-13)16-9-12(17)19-14(3,4)5/h6-8,10,16H,9H2,1-5H3. The molecule has 1 aromatic rings. The molecule has 0 aliphatic heterocycles. The summed E-state index contributed by atoms with van der Waals surface area (Å²) in [4.78, 5) is 15.8. The quantitative estimate of drug-likeness (QED) is 0.830. The van der Waals surface area contributed by atoms with Crippen LogP contribution in [-0.4, -0.2) is 29.2 Å². The molecule has 5 nitrogen and oxygen atoms in total. The molecule has 1 rings (SSSR count). The fraction of sp³-hybridized carbons (Fsp3) is 0.571. The maximum atomic E-state index is 11.6. The third-order valence-corrected chi connectivity index (χ3v) is 1.96. The summed E-state index contributed by atoms with van der Waals surface area (Å²) in [6, 6.07) is 3.60.